The zero-order chi connectivity index (χ0) is 32.0. The number of carbonyl (C=O) groups excluding carboxylic acids is 3. The Hall–Kier alpha value is -4.97. The van der Waals surface area contributed by atoms with Gasteiger partial charge < -0.3 is 30.7 Å². The number of hydrogen-bond donors (Lipinski definition) is 4. The molecule has 3 aromatic carbocycles. The molecule has 4 rings (SSSR count). The lowest BCUT2D eigenvalue weighted by Gasteiger charge is -2.30. The minimum absolute atomic E-state index is 0.0663. The van der Waals surface area contributed by atoms with Crippen LogP contribution in [0.2, 0.25) is 0 Å². The molecule has 0 aromatic heterocycles. The predicted octanol–water partition coefficient (Wildman–Crippen LogP) is 3.96. The molecule has 5 N–H and O–H groups in total. The maximum atomic E-state index is 14.0. The number of rotatable bonds is 11. The molecule has 3 aromatic rings. The molecule has 0 aliphatic carbocycles. The second-order valence-corrected chi connectivity index (χ2v) is 11.3. The van der Waals surface area contributed by atoms with Crippen molar-refractivity contribution in [2.75, 3.05) is 14.2 Å². The number of carbonyl (C=O) groups is 3. The summed E-state index contributed by atoms with van der Waals surface area (Å²) in [4.78, 5) is 46.5. The van der Waals surface area contributed by atoms with E-state index < -0.39 is 35.7 Å². The largest absolute Gasteiger partial charge is 0.508 e. The van der Waals surface area contributed by atoms with Gasteiger partial charge in [-0.15, -0.1) is 0 Å². The monoisotopic (exact) mass is 618 g/mol. The van der Waals surface area contributed by atoms with Gasteiger partial charge >= 0.3 is 0 Å². The fourth-order valence-electron chi connectivity index (χ4n) is 4.64. The van der Waals surface area contributed by atoms with Gasteiger partial charge in [0.2, 0.25) is 17.6 Å². The van der Waals surface area contributed by atoms with Crippen molar-refractivity contribution in [3.63, 3.8) is 0 Å². The second kappa shape index (κ2) is 14.0. The number of benzene rings is 3. The van der Waals surface area contributed by atoms with E-state index in [0.29, 0.717) is 16.8 Å². The lowest BCUT2D eigenvalue weighted by Crippen LogP contribution is -2.56. The number of aliphatic imine (C=N–C) groups is 1. The summed E-state index contributed by atoms with van der Waals surface area (Å²) >= 11 is 1.09. The number of primary amides is 1. The van der Waals surface area contributed by atoms with Crippen molar-refractivity contribution in [2.24, 2.45) is 16.6 Å². The summed E-state index contributed by atoms with van der Waals surface area (Å²) in [5.74, 6) is -1.98. The van der Waals surface area contributed by atoms with Gasteiger partial charge in [-0.25, -0.2) is 4.99 Å². The highest BCUT2D eigenvalue weighted by molar-refractivity contribution is 8.18. The lowest BCUT2D eigenvalue weighted by atomic mass is 9.99. The van der Waals surface area contributed by atoms with Crippen molar-refractivity contribution >= 4 is 46.4 Å². The zero-order valence-electron chi connectivity index (χ0n) is 24.7. The molecule has 0 spiro atoms. The van der Waals surface area contributed by atoms with E-state index in [9.17, 15) is 24.6 Å². The molecule has 3 amide bonds. The number of aromatic hydroxyl groups is 2. The zero-order valence-corrected chi connectivity index (χ0v) is 25.5. The molecule has 1 unspecified atom stereocenters. The van der Waals surface area contributed by atoms with E-state index in [-0.39, 0.29) is 39.5 Å². The van der Waals surface area contributed by atoms with Gasteiger partial charge in [-0.05, 0) is 71.3 Å². The second-order valence-electron chi connectivity index (χ2n) is 10.3. The van der Waals surface area contributed by atoms with Crippen LogP contribution in [0.25, 0.3) is 6.08 Å². The smallest absolute Gasteiger partial charge is 0.267 e. The summed E-state index contributed by atoms with van der Waals surface area (Å²) in [6.07, 6.45) is 1.69. The fourth-order valence-corrected chi connectivity index (χ4v) is 5.66. The third-order valence-electron chi connectivity index (χ3n) is 6.83. The summed E-state index contributed by atoms with van der Waals surface area (Å²) in [5.41, 5.74) is 7.43. The van der Waals surface area contributed by atoms with Crippen LogP contribution < -0.4 is 20.5 Å². The summed E-state index contributed by atoms with van der Waals surface area (Å²) < 4.78 is 10.5. The van der Waals surface area contributed by atoms with Crippen LogP contribution in [0, 0.1) is 5.92 Å². The van der Waals surface area contributed by atoms with Gasteiger partial charge in [0, 0.05) is 6.42 Å². The Morgan fingerprint density at radius 3 is 2.18 bits per heavy atom. The van der Waals surface area contributed by atoms with Crippen LogP contribution in [-0.4, -0.2) is 64.3 Å². The highest BCUT2D eigenvalue weighted by Crippen LogP contribution is 2.41. The van der Waals surface area contributed by atoms with Gasteiger partial charge in [0.05, 0.1) is 24.8 Å². The van der Waals surface area contributed by atoms with Crippen molar-refractivity contribution < 1.29 is 34.1 Å². The number of ether oxygens (including phenoxy) is 2. The maximum absolute atomic E-state index is 14.0. The highest BCUT2D eigenvalue weighted by atomic mass is 32.2. The molecule has 0 bridgehead atoms. The summed E-state index contributed by atoms with van der Waals surface area (Å²) in [6, 6.07) is 16.2. The molecule has 1 heterocycles. The summed E-state index contributed by atoms with van der Waals surface area (Å²) in [5, 5.41) is 22.9. The Kier molecular flexibility index (Phi) is 10.2. The highest BCUT2D eigenvalue weighted by Gasteiger charge is 2.43. The van der Waals surface area contributed by atoms with Crippen LogP contribution in [0.5, 0.6) is 23.0 Å². The van der Waals surface area contributed by atoms with E-state index in [1.54, 1.807) is 56.3 Å². The van der Waals surface area contributed by atoms with E-state index in [2.05, 4.69) is 5.32 Å². The first-order valence-electron chi connectivity index (χ1n) is 13.7. The molecule has 0 radical (unpaired) electrons. The molecule has 44 heavy (non-hydrogen) atoms. The van der Waals surface area contributed by atoms with Gasteiger partial charge in [-0.1, -0.05) is 44.2 Å². The average Bonchev–Trinajstić information content (AvgIpc) is 3.28. The first kappa shape index (κ1) is 32.0. The van der Waals surface area contributed by atoms with Gasteiger partial charge in [0.25, 0.3) is 5.91 Å². The molecular formula is C32H34N4O7S. The number of methoxy groups -OCH3 is 2. The number of nitrogens with zero attached hydrogens (tertiary/aromatic N) is 2. The maximum Gasteiger partial charge on any atom is 0.267 e. The summed E-state index contributed by atoms with van der Waals surface area (Å²) in [6.45, 7) is 3.58. The van der Waals surface area contributed by atoms with Crippen LogP contribution in [0.15, 0.2) is 76.6 Å². The lowest BCUT2D eigenvalue weighted by molar-refractivity contribution is -0.136. The topological polar surface area (TPSA) is 164 Å². The van der Waals surface area contributed by atoms with Crippen LogP contribution in [0.1, 0.15) is 25.0 Å². The minimum Gasteiger partial charge on any atom is -0.508 e. The Morgan fingerprint density at radius 2 is 1.64 bits per heavy atom. The number of amides is 3. The van der Waals surface area contributed by atoms with Crippen molar-refractivity contribution in [3.05, 3.63) is 82.8 Å². The molecule has 1 aliphatic rings. The number of para-hydroxylation sites is 1. The number of amidine groups is 1. The Balaban J connectivity index is 1.72. The van der Waals surface area contributed by atoms with Gasteiger partial charge in [0.15, 0.2) is 16.7 Å². The van der Waals surface area contributed by atoms with E-state index in [0.717, 1.165) is 11.8 Å². The molecule has 0 saturated carbocycles. The molecule has 230 valence electrons. The van der Waals surface area contributed by atoms with E-state index in [1.807, 2.05) is 18.2 Å². The number of thioether (sulfide) groups is 1. The van der Waals surface area contributed by atoms with E-state index in [1.165, 1.54) is 31.3 Å². The third-order valence-corrected chi connectivity index (χ3v) is 7.82. The number of nitrogens with one attached hydrogen (secondary N) is 1. The van der Waals surface area contributed by atoms with Crippen molar-refractivity contribution in [2.45, 2.75) is 32.4 Å². The molecule has 1 saturated heterocycles. The standard InChI is InChI=1S/C32H34N4O7S/c1-18(2)27(30(40)35-23(29(33)39)14-19-10-12-22(37)13-11-19)36-31(41)26(44-32(36)34-21-8-6-5-7-9-21)17-20-15-24(42-3)28(38)25(16-20)43-4/h5-13,15-18,23,27,37-38H,14H2,1-4H3,(H2,33,39)(H,35,40)/b26-17-,34-32-/t23-,27?/m0/s1. The third kappa shape index (κ3) is 7.32. The molecule has 2 atom stereocenters. The van der Waals surface area contributed by atoms with Crippen LogP contribution in [0.4, 0.5) is 5.69 Å². The molecular weight excluding hydrogens is 584 g/mol. The Morgan fingerprint density at radius 1 is 1.02 bits per heavy atom. The molecule has 1 aliphatic heterocycles. The summed E-state index contributed by atoms with van der Waals surface area (Å²) in [7, 11) is 2.81. The van der Waals surface area contributed by atoms with Crippen LogP contribution in [0.3, 0.4) is 0 Å². The number of hydrogen-bond acceptors (Lipinski definition) is 9. The van der Waals surface area contributed by atoms with Gasteiger partial charge in [-0.2, -0.15) is 0 Å². The Labute approximate surface area is 259 Å². The van der Waals surface area contributed by atoms with Gasteiger partial charge in [-0.3, -0.25) is 19.3 Å². The quantitative estimate of drug-likeness (QED) is 0.235. The molecule has 11 nitrogen and oxygen atoms in total. The first-order chi connectivity index (χ1) is 21.0. The van der Waals surface area contributed by atoms with E-state index in [4.69, 9.17) is 20.2 Å². The van der Waals surface area contributed by atoms with Crippen molar-refractivity contribution in [1.82, 2.24) is 10.2 Å². The SMILES string of the molecule is COc1cc(/C=C2\S/C(=N\c3ccccc3)N(C(C(=O)N[C@@H](Cc3ccc(O)cc3)C(N)=O)C(C)C)C2=O)cc(OC)c1O. The minimum atomic E-state index is -1.07. The first-order valence-corrected chi connectivity index (χ1v) is 14.5. The van der Waals surface area contributed by atoms with Crippen molar-refractivity contribution in [3.8, 4) is 23.0 Å². The Bertz CT molecular complexity index is 1560. The fraction of sp³-hybridized carbons (Fsp3) is 0.250. The van der Waals surface area contributed by atoms with E-state index >= 15 is 0 Å². The van der Waals surface area contributed by atoms with Gasteiger partial charge in [0.1, 0.15) is 17.8 Å². The van der Waals surface area contributed by atoms with Crippen LogP contribution >= 0.6 is 11.8 Å². The number of nitrogens with two attached hydrogens (primary N) is 1. The number of phenolic OH excluding ortho intramolecular Hbond substituents is 2. The van der Waals surface area contributed by atoms with Crippen LogP contribution in [-0.2, 0) is 20.8 Å². The number of phenols is 2. The van der Waals surface area contributed by atoms with Crippen molar-refractivity contribution in [1.29, 1.82) is 0 Å². The molecule has 12 heteroatoms. The predicted molar refractivity (Wildman–Crippen MR) is 169 cm³/mol. The average molecular weight is 619 g/mol. The molecule has 1 fully saturated rings. The normalized spacial score (nSPS) is 16.3.